The maximum absolute atomic E-state index is 11.0. The zero-order valence-corrected chi connectivity index (χ0v) is 11.9. The standard InChI is InChI=1S/C15H17N3O3/c1-11-9-16-14(8-13(11)18(20)21)17-15(2,10-19)12-6-4-3-5-7-12/h3-9,19H,10H2,1-2H3,(H,16,17). The lowest BCUT2D eigenvalue weighted by Crippen LogP contribution is -2.36. The van der Waals surface area contributed by atoms with Crippen LogP contribution < -0.4 is 5.32 Å². The highest BCUT2D eigenvalue weighted by atomic mass is 16.6. The number of nitrogens with zero attached hydrogens (tertiary/aromatic N) is 2. The minimum absolute atomic E-state index is 0.000788. The SMILES string of the molecule is Cc1cnc(NC(C)(CO)c2ccccc2)cc1[N+](=O)[O-]. The molecule has 0 spiro atoms. The normalized spacial score (nSPS) is 13.5. The van der Waals surface area contributed by atoms with E-state index in [4.69, 9.17) is 0 Å². The van der Waals surface area contributed by atoms with Crippen molar-refractivity contribution in [2.75, 3.05) is 11.9 Å². The van der Waals surface area contributed by atoms with Crippen LogP contribution in [0.25, 0.3) is 0 Å². The van der Waals surface area contributed by atoms with Crippen molar-refractivity contribution in [1.82, 2.24) is 4.98 Å². The first-order chi connectivity index (χ1) is 9.96. The summed E-state index contributed by atoms with van der Waals surface area (Å²) in [6.07, 6.45) is 1.45. The minimum atomic E-state index is -0.766. The van der Waals surface area contributed by atoms with Crippen molar-refractivity contribution >= 4 is 11.5 Å². The molecule has 1 atom stereocenters. The van der Waals surface area contributed by atoms with Crippen LogP contribution in [-0.4, -0.2) is 21.6 Å². The van der Waals surface area contributed by atoms with Crippen molar-refractivity contribution in [2.24, 2.45) is 0 Å². The van der Waals surface area contributed by atoms with Crippen LogP contribution in [-0.2, 0) is 5.54 Å². The average molecular weight is 287 g/mol. The van der Waals surface area contributed by atoms with Gasteiger partial charge in [-0.2, -0.15) is 0 Å². The van der Waals surface area contributed by atoms with Crippen LogP contribution in [0.2, 0.25) is 0 Å². The number of rotatable bonds is 5. The zero-order chi connectivity index (χ0) is 15.5. The Hall–Kier alpha value is -2.47. The molecule has 21 heavy (non-hydrogen) atoms. The Morgan fingerprint density at radius 1 is 1.38 bits per heavy atom. The van der Waals surface area contributed by atoms with Crippen LogP contribution in [0.5, 0.6) is 0 Å². The smallest absolute Gasteiger partial charge is 0.277 e. The number of aliphatic hydroxyl groups excluding tert-OH is 1. The summed E-state index contributed by atoms with van der Waals surface area (Å²) in [5.74, 6) is 0.354. The van der Waals surface area contributed by atoms with E-state index in [9.17, 15) is 15.2 Å². The fourth-order valence-corrected chi connectivity index (χ4v) is 2.07. The van der Waals surface area contributed by atoms with E-state index in [0.29, 0.717) is 11.4 Å². The molecule has 110 valence electrons. The topological polar surface area (TPSA) is 88.3 Å². The maximum Gasteiger partial charge on any atom is 0.277 e. The molecule has 6 nitrogen and oxygen atoms in total. The molecule has 0 saturated heterocycles. The molecule has 2 N–H and O–H groups in total. The summed E-state index contributed by atoms with van der Waals surface area (Å²) in [5.41, 5.74) is 0.603. The first-order valence-electron chi connectivity index (χ1n) is 6.52. The van der Waals surface area contributed by atoms with Crippen LogP contribution in [0.4, 0.5) is 11.5 Å². The van der Waals surface area contributed by atoms with Gasteiger partial charge in [-0.1, -0.05) is 30.3 Å². The Labute approximate surface area is 122 Å². The number of aliphatic hydroxyl groups is 1. The molecule has 0 aliphatic rings. The monoisotopic (exact) mass is 287 g/mol. The predicted molar refractivity (Wildman–Crippen MR) is 80.1 cm³/mol. The van der Waals surface area contributed by atoms with Gasteiger partial charge in [0.15, 0.2) is 0 Å². The first-order valence-corrected chi connectivity index (χ1v) is 6.52. The Morgan fingerprint density at radius 2 is 2.05 bits per heavy atom. The molecule has 1 heterocycles. The summed E-state index contributed by atoms with van der Waals surface area (Å²) in [5, 5.41) is 23.8. The van der Waals surface area contributed by atoms with Gasteiger partial charge < -0.3 is 10.4 Å². The van der Waals surface area contributed by atoms with Crippen LogP contribution in [0, 0.1) is 17.0 Å². The molecule has 0 saturated carbocycles. The molecule has 2 rings (SSSR count). The molecule has 2 aromatic rings. The Morgan fingerprint density at radius 3 is 2.62 bits per heavy atom. The highest BCUT2D eigenvalue weighted by Gasteiger charge is 2.26. The van der Waals surface area contributed by atoms with Crippen molar-refractivity contribution < 1.29 is 10.0 Å². The molecule has 6 heteroatoms. The number of hydrogen-bond donors (Lipinski definition) is 2. The summed E-state index contributed by atoms with van der Waals surface area (Å²) < 4.78 is 0. The van der Waals surface area contributed by atoms with E-state index in [-0.39, 0.29) is 12.3 Å². The summed E-state index contributed by atoms with van der Waals surface area (Å²) in [6, 6.07) is 10.8. The second-order valence-electron chi connectivity index (χ2n) is 5.09. The number of pyridine rings is 1. The fraction of sp³-hybridized carbons (Fsp3) is 0.267. The summed E-state index contributed by atoms with van der Waals surface area (Å²) in [4.78, 5) is 14.7. The number of hydrogen-bond acceptors (Lipinski definition) is 5. The lowest BCUT2D eigenvalue weighted by molar-refractivity contribution is -0.385. The minimum Gasteiger partial charge on any atom is -0.394 e. The Bertz CT molecular complexity index is 646. The summed E-state index contributed by atoms with van der Waals surface area (Å²) >= 11 is 0. The highest BCUT2D eigenvalue weighted by molar-refractivity contribution is 5.51. The number of nitro groups is 1. The van der Waals surface area contributed by atoms with Gasteiger partial charge in [-0.05, 0) is 19.4 Å². The van der Waals surface area contributed by atoms with E-state index in [2.05, 4.69) is 10.3 Å². The van der Waals surface area contributed by atoms with E-state index >= 15 is 0 Å². The molecule has 1 unspecified atom stereocenters. The molecule has 0 aliphatic carbocycles. The molecule has 1 aromatic carbocycles. The third kappa shape index (κ3) is 3.17. The van der Waals surface area contributed by atoms with Crippen LogP contribution in [0.3, 0.4) is 0 Å². The van der Waals surface area contributed by atoms with E-state index in [1.165, 1.54) is 12.3 Å². The van der Waals surface area contributed by atoms with Crippen molar-refractivity contribution in [3.63, 3.8) is 0 Å². The number of anilines is 1. The second-order valence-corrected chi connectivity index (χ2v) is 5.09. The molecule has 0 aliphatic heterocycles. The van der Waals surface area contributed by atoms with Gasteiger partial charge in [-0.15, -0.1) is 0 Å². The first kappa shape index (κ1) is 14.9. The largest absolute Gasteiger partial charge is 0.394 e. The quantitative estimate of drug-likeness (QED) is 0.652. The van der Waals surface area contributed by atoms with Gasteiger partial charge in [-0.3, -0.25) is 10.1 Å². The lowest BCUT2D eigenvalue weighted by atomic mass is 9.93. The van der Waals surface area contributed by atoms with Crippen molar-refractivity contribution in [1.29, 1.82) is 0 Å². The van der Waals surface area contributed by atoms with Gasteiger partial charge in [0.2, 0.25) is 0 Å². The molecule has 0 amide bonds. The van der Waals surface area contributed by atoms with E-state index in [1.807, 2.05) is 37.3 Å². The number of nitrogens with one attached hydrogen (secondary N) is 1. The molecule has 0 bridgehead atoms. The zero-order valence-electron chi connectivity index (χ0n) is 11.9. The van der Waals surface area contributed by atoms with Gasteiger partial charge in [0, 0.05) is 11.8 Å². The second kappa shape index (κ2) is 5.88. The van der Waals surface area contributed by atoms with E-state index in [0.717, 1.165) is 5.56 Å². The maximum atomic E-state index is 11.0. The summed E-state index contributed by atoms with van der Waals surface area (Å²) in [7, 11) is 0. The molecular weight excluding hydrogens is 270 g/mol. The third-order valence-corrected chi connectivity index (χ3v) is 3.40. The Balaban J connectivity index is 2.35. The molecule has 1 aromatic heterocycles. The van der Waals surface area contributed by atoms with Crippen molar-refractivity contribution in [2.45, 2.75) is 19.4 Å². The van der Waals surface area contributed by atoms with Gasteiger partial charge in [0.05, 0.1) is 23.1 Å². The van der Waals surface area contributed by atoms with Crippen LogP contribution in [0.1, 0.15) is 18.1 Å². The highest BCUT2D eigenvalue weighted by Crippen LogP contribution is 2.27. The van der Waals surface area contributed by atoms with Gasteiger partial charge in [-0.25, -0.2) is 4.98 Å². The number of benzene rings is 1. The number of aromatic nitrogens is 1. The molecular formula is C15H17N3O3. The summed E-state index contributed by atoms with van der Waals surface area (Å²) in [6.45, 7) is 3.29. The van der Waals surface area contributed by atoms with Crippen molar-refractivity contribution in [3.05, 3.63) is 63.8 Å². The van der Waals surface area contributed by atoms with Crippen LogP contribution in [0.15, 0.2) is 42.6 Å². The third-order valence-electron chi connectivity index (χ3n) is 3.40. The van der Waals surface area contributed by atoms with Crippen LogP contribution >= 0.6 is 0 Å². The predicted octanol–water partition coefficient (Wildman–Crippen LogP) is 2.62. The van der Waals surface area contributed by atoms with Crippen molar-refractivity contribution in [3.8, 4) is 0 Å². The van der Waals surface area contributed by atoms with Gasteiger partial charge in [0.25, 0.3) is 5.69 Å². The Kier molecular flexibility index (Phi) is 4.18. The number of aryl methyl sites for hydroxylation is 1. The average Bonchev–Trinajstić information content (AvgIpc) is 2.49. The van der Waals surface area contributed by atoms with Gasteiger partial charge in [0.1, 0.15) is 5.82 Å². The van der Waals surface area contributed by atoms with Gasteiger partial charge >= 0.3 is 0 Å². The molecule has 0 fully saturated rings. The fourth-order valence-electron chi connectivity index (χ4n) is 2.07. The molecule has 0 radical (unpaired) electrons. The van der Waals surface area contributed by atoms with E-state index < -0.39 is 10.5 Å². The van der Waals surface area contributed by atoms with E-state index in [1.54, 1.807) is 6.92 Å². The lowest BCUT2D eigenvalue weighted by Gasteiger charge is -2.29.